The third-order valence-electron chi connectivity index (χ3n) is 3.19. The average Bonchev–Trinajstić information content (AvgIpc) is 2.56. The highest BCUT2D eigenvalue weighted by atomic mass is 15.1. The van der Waals surface area contributed by atoms with E-state index in [9.17, 15) is 0 Å². The quantitative estimate of drug-likeness (QED) is 0.748. The molecule has 0 saturated carbocycles. The molecular weight excluding hydrogens is 198 g/mol. The summed E-state index contributed by atoms with van der Waals surface area (Å²) < 4.78 is 0. The zero-order valence-electron chi connectivity index (χ0n) is 9.78. The molecule has 1 heterocycles. The maximum Gasteiger partial charge on any atom is 0.0347 e. The normalized spacial score (nSPS) is 18.2. The molecule has 0 spiro atoms. The standard InChI is InChI=1S/C13H21N3/c14-13-5-2-1-4-12(13)6-10-16-9-3-7-15-8-11-16/h1-2,4-5,15H,3,6-11,14H2. The maximum atomic E-state index is 5.94. The lowest BCUT2D eigenvalue weighted by Gasteiger charge is -2.19. The van der Waals surface area contributed by atoms with Crippen LogP contribution in [0.3, 0.4) is 0 Å². The third-order valence-corrected chi connectivity index (χ3v) is 3.19. The van der Waals surface area contributed by atoms with Gasteiger partial charge in [0.2, 0.25) is 0 Å². The molecular formula is C13H21N3. The van der Waals surface area contributed by atoms with Gasteiger partial charge in [-0.1, -0.05) is 18.2 Å². The molecule has 1 aromatic rings. The summed E-state index contributed by atoms with van der Waals surface area (Å²) in [5, 5.41) is 3.42. The van der Waals surface area contributed by atoms with Gasteiger partial charge < -0.3 is 16.0 Å². The van der Waals surface area contributed by atoms with Crippen LogP contribution >= 0.6 is 0 Å². The zero-order valence-corrected chi connectivity index (χ0v) is 9.78. The lowest BCUT2D eigenvalue weighted by atomic mass is 10.1. The van der Waals surface area contributed by atoms with Gasteiger partial charge in [0.15, 0.2) is 0 Å². The second kappa shape index (κ2) is 5.87. The Morgan fingerprint density at radius 1 is 1.19 bits per heavy atom. The number of rotatable bonds is 3. The Hall–Kier alpha value is -1.06. The van der Waals surface area contributed by atoms with Crippen molar-refractivity contribution in [1.29, 1.82) is 0 Å². The molecule has 16 heavy (non-hydrogen) atoms. The summed E-state index contributed by atoms with van der Waals surface area (Å²) in [6.45, 7) is 5.76. The largest absolute Gasteiger partial charge is 0.399 e. The molecule has 3 N–H and O–H groups in total. The highest BCUT2D eigenvalue weighted by Gasteiger charge is 2.08. The molecule has 0 radical (unpaired) electrons. The summed E-state index contributed by atoms with van der Waals surface area (Å²) in [5.41, 5.74) is 8.14. The predicted molar refractivity (Wildman–Crippen MR) is 68.5 cm³/mol. The molecule has 1 fully saturated rings. The van der Waals surface area contributed by atoms with E-state index >= 15 is 0 Å². The lowest BCUT2D eigenvalue weighted by molar-refractivity contribution is 0.296. The van der Waals surface area contributed by atoms with E-state index in [4.69, 9.17) is 5.73 Å². The first kappa shape index (κ1) is 11.4. The predicted octanol–water partition coefficient (Wildman–Crippen LogP) is 1.11. The molecule has 0 bridgehead atoms. The van der Waals surface area contributed by atoms with Crippen molar-refractivity contribution in [1.82, 2.24) is 10.2 Å². The van der Waals surface area contributed by atoms with Gasteiger partial charge in [-0.2, -0.15) is 0 Å². The molecule has 0 aromatic heterocycles. The maximum absolute atomic E-state index is 5.94. The van der Waals surface area contributed by atoms with E-state index in [1.165, 1.54) is 18.5 Å². The Morgan fingerprint density at radius 3 is 2.94 bits per heavy atom. The van der Waals surface area contributed by atoms with Crippen LogP contribution in [0.1, 0.15) is 12.0 Å². The van der Waals surface area contributed by atoms with E-state index in [1.807, 2.05) is 12.1 Å². The van der Waals surface area contributed by atoms with Crippen molar-refractivity contribution in [3.63, 3.8) is 0 Å². The van der Waals surface area contributed by atoms with Gasteiger partial charge in [-0.05, 0) is 37.6 Å². The van der Waals surface area contributed by atoms with Crippen molar-refractivity contribution in [3.05, 3.63) is 29.8 Å². The van der Waals surface area contributed by atoms with Gasteiger partial charge in [0.1, 0.15) is 0 Å². The molecule has 1 aliphatic rings. The first-order chi connectivity index (χ1) is 7.86. The van der Waals surface area contributed by atoms with Crippen LogP contribution in [-0.2, 0) is 6.42 Å². The summed E-state index contributed by atoms with van der Waals surface area (Å²) in [6, 6.07) is 8.18. The minimum atomic E-state index is 0.926. The van der Waals surface area contributed by atoms with Gasteiger partial charge in [-0.25, -0.2) is 0 Å². The second-order valence-corrected chi connectivity index (χ2v) is 4.39. The number of benzene rings is 1. The molecule has 1 saturated heterocycles. The second-order valence-electron chi connectivity index (χ2n) is 4.39. The number of nitrogens with zero attached hydrogens (tertiary/aromatic N) is 1. The minimum absolute atomic E-state index is 0.926. The van der Waals surface area contributed by atoms with Crippen LogP contribution in [0.15, 0.2) is 24.3 Å². The van der Waals surface area contributed by atoms with Crippen molar-refractivity contribution in [2.75, 3.05) is 38.5 Å². The van der Waals surface area contributed by atoms with Crippen LogP contribution < -0.4 is 11.1 Å². The molecule has 0 atom stereocenters. The van der Waals surface area contributed by atoms with Crippen LogP contribution in [-0.4, -0.2) is 37.6 Å². The number of para-hydroxylation sites is 1. The number of nitrogen functional groups attached to an aromatic ring is 1. The monoisotopic (exact) mass is 219 g/mol. The van der Waals surface area contributed by atoms with E-state index < -0.39 is 0 Å². The van der Waals surface area contributed by atoms with E-state index in [-0.39, 0.29) is 0 Å². The molecule has 3 nitrogen and oxygen atoms in total. The van der Waals surface area contributed by atoms with Crippen LogP contribution in [0, 0.1) is 0 Å². The Balaban J connectivity index is 1.84. The van der Waals surface area contributed by atoms with Gasteiger partial charge in [-0.3, -0.25) is 0 Å². The van der Waals surface area contributed by atoms with Gasteiger partial charge in [0, 0.05) is 25.3 Å². The molecule has 88 valence electrons. The molecule has 2 rings (SSSR count). The number of nitrogens with one attached hydrogen (secondary N) is 1. The van der Waals surface area contributed by atoms with Gasteiger partial charge in [0.25, 0.3) is 0 Å². The SMILES string of the molecule is Nc1ccccc1CCN1CCCNCC1. The van der Waals surface area contributed by atoms with Gasteiger partial charge in [0.05, 0.1) is 0 Å². The summed E-state index contributed by atoms with van der Waals surface area (Å²) >= 11 is 0. The number of hydrogen-bond donors (Lipinski definition) is 2. The van der Waals surface area contributed by atoms with Crippen LogP contribution in [0.2, 0.25) is 0 Å². The van der Waals surface area contributed by atoms with Crippen LogP contribution in [0.5, 0.6) is 0 Å². The molecule has 3 heteroatoms. The topological polar surface area (TPSA) is 41.3 Å². The van der Waals surface area contributed by atoms with Crippen molar-refractivity contribution in [3.8, 4) is 0 Å². The fraction of sp³-hybridized carbons (Fsp3) is 0.538. The van der Waals surface area contributed by atoms with E-state index in [1.54, 1.807) is 0 Å². The fourth-order valence-electron chi connectivity index (χ4n) is 2.17. The molecule has 0 unspecified atom stereocenters. The molecule has 0 amide bonds. The highest BCUT2D eigenvalue weighted by molar-refractivity contribution is 5.46. The van der Waals surface area contributed by atoms with E-state index in [0.29, 0.717) is 0 Å². The Kier molecular flexibility index (Phi) is 4.19. The molecule has 1 aliphatic heterocycles. The molecule has 0 aliphatic carbocycles. The first-order valence-electron chi connectivity index (χ1n) is 6.13. The minimum Gasteiger partial charge on any atom is -0.399 e. The molecule has 1 aromatic carbocycles. The van der Waals surface area contributed by atoms with Gasteiger partial charge >= 0.3 is 0 Å². The number of anilines is 1. The van der Waals surface area contributed by atoms with Crippen molar-refractivity contribution >= 4 is 5.69 Å². The summed E-state index contributed by atoms with van der Waals surface area (Å²) in [7, 11) is 0. The lowest BCUT2D eigenvalue weighted by Crippen LogP contribution is -2.30. The van der Waals surface area contributed by atoms with Crippen molar-refractivity contribution in [2.45, 2.75) is 12.8 Å². The zero-order chi connectivity index (χ0) is 11.2. The van der Waals surface area contributed by atoms with Crippen molar-refractivity contribution < 1.29 is 0 Å². The van der Waals surface area contributed by atoms with E-state index in [0.717, 1.165) is 38.3 Å². The Morgan fingerprint density at radius 2 is 2.06 bits per heavy atom. The fourth-order valence-corrected chi connectivity index (χ4v) is 2.17. The highest BCUT2D eigenvalue weighted by Crippen LogP contribution is 2.11. The first-order valence-corrected chi connectivity index (χ1v) is 6.13. The summed E-state index contributed by atoms with van der Waals surface area (Å²) in [5.74, 6) is 0. The van der Waals surface area contributed by atoms with Crippen LogP contribution in [0.4, 0.5) is 5.69 Å². The van der Waals surface area contributed by atoms with E-state index in [2.05, 4.69) is 22.3 Å². The smallest absolute Gasteiger partial charge is 0.0347 e. The number of nitrogens with two attached hydrogens (primary N) is 1. The Labute approximate surface area is 97.6 Å². The summed E-state index contributed by atoms with van der Waals surface area (Å²) in [6.07, 6.45) is 2.32. The van der Waals surface area contributed by atoms with Gasteiger partial charge in [-0.15, -0.1) is 0 Å². The van der Waals surface area contributed by atoms with Crippen molar-refractivity contribution in [2.24, 2.45) is 0 Å². The Bertz CT molecular complexity index is 317. The third kappa shape index (κ3) is 3.22. The van der Waals surface area contributed by atoms with Crippen LogP contribution in [0.25, 0.3) is 0 Å². The summed E-state index contributed by atoms with van der Waals surface area (Å²) in [4.78, 5) is 2.52. The average molecular weight is 219 g/mol. The number of hydrogen-bond acceptors (Lipinski definition) is 3.